The standard InChI is InChI=1S/C21H23FN4O2/c1-11-18(25-21-15(20(23)28)4-3-9-24-21)16-10-14(22)7-8-17(16)26(12(2)27)19(11)13-5-6-13/h3-4,7-11,13,18-19H,5-6H2,1-2H3,(H2,23,28)(H,24,25)/t11-,18-,19-/m1/s1. The molecule has 1 aliphatic carbocycles. The third-order valence-corrected chi connectivity index (χ3v) is 5.76. The van der Waals surface area contributed by atoms with Crippen LogP contribution >= 0.6 is 0 Å². The summed E-state index contributed by atoms with van der Waals surface area (Å²) in [6.45, 7) is 3.60. The fraction of sp³-hybridized carbons (Fsp3) is 0.381. The highest BCUT2D eigenvalue weighted by atomic mass is 19.1. The molecule has 7 heteroatoms. The number of benzene rings is 1. The molecule has 1 aromatic heterocycles. The van der Waals surface area contributed by atoms with Gasteiger partial charge in [-0.3, -0.25) is 9.59 Å². The molecular weight excluding hydrogens is 359 g/mol. The third kappa shape index (κ3) is 3.10. The van der Waals surface area contributed by atoms with Gasteiger partial charge in [-0.2, -0.15) is 0 Å². The van der Waals surface area contributed by atoms with Crippen LogP contribution in [0.3, 0.4) is 0 Å². The molecule has 1 saturated carbocycles. The first-order valence-electron chi connectivity index (χ1n) is 9.49. The summed E-state index contributed by atoms with van der Waals surface area (Å²) in [6, 6.07) is 7.45. The van der Waals surface area contributed by atoms with Gasteiger partial charge in [0, 0.05) is 36.3 Å². The fourth-order valence-electron chi connectivity index (χ4n) is 4.40. The van der Waals surface area contributed by atoms with Crippen molar-refractivity contribution in [2.75, 3.05) is 10.2 Å². The maximum Gasteiger partial charge on any atom is 0.252 e. The van der Waals surface area contributed by atoms with Crippen LogP contribution in [0.5, 0.6) is 0 Å². The Morgan fingerprint density at radius 3 is 2.68 bits per heavy atom. The molecule has 2 amide bonds. The number of carbonyl (C=O) groups excluding carboxylic acids is 2. The van der Waals surface area contributed by atoms with Gasteiger partial charge in [0.25, 0.3) is 5.91 Å². The highest BCUT2D eigenvalue weighted by molar-refractivity contribution is 5.98. The monoisotopic (exact) mass is 382 g/mol. The van der Waals surface area contributed by atoms with E-state index in [1.54, 1.807) is 31.3 Å². The third-order valence-electron chi connectivity index (χ3n) is 5.76. The maximum absolute atomic E-state index is 14.1. The molecule has 4 rings (SSSR count). The second-order valence-electron chi connectivity index (χ2n) is 7.67. The number of hydrogen-bond acceptors (Lipinski definition) is 4. The number of rotatable bonds is 4. The average molecular weight is 382 g/mol. The van der Waals surface area contributed by atoms with Gasteiger partial charge in [0.05, 0.1) is 11.6 Å². The van der Waals surface area contributed by atoms with E-state index >= 15 is 0 Å². The number of amides is 2. The van der Waals surface area contributed by atoms with Gasteiger partial charge in [0.2, 0.25) is 5.91 Å². The number of hydrogen-bond donors (Lipinski definition) is 2. The van der Waals surface area contributed by atoms with E-state index in [4.69, 9.17) is 5.73 Å². The largest absolute Gasteiger partial charge is 0.365 e. The Kier molecular flexibility index (Phi) is 4.53. The first-order valence-corrected chi connectivity index (χ1v) is 9.49. The van der Waals surface area contributed by atoms with Gasteiger partial charge in [0.15, 0.2) is 0 Å². The minimum absolute atomic E-state index is 0.00608. The van der Waals surface area contributed by atoms with Crippen molar-refractivity contribution in [1.82, 2.24) is 4.98 Å². The molecule has 2 aliphatic rings. The molecule has 0 bridgehead atoms. The molecule has 28 heavy (non-hydrogen) atoms. The van der Waals surface area contributed by atoms with E-state index in [1.807, 2.05) is 4.90 Å². The van der Waals surface area contributed by atoms with Crippen LogP contribution < -0.4 is 16.0 Å². The summed E-state index contributed by atoms with van der Waals surface area (Å²) in [5.74, 6) is -0.224. The van der Waals surface area contributed by atoms with Crippen molar-refractivity contribution in [3.63, 3.8) is 0 Å². The normalized spacial score (nSPS) is 23.8. The Hall–Kier alpha value is -2.96. The highest BCUT2D eigenvalue weighted by Gasteiger charge is 2.47. The van der Waals surface area contributed by atoms with Gasteiger partial charge in [-0.25, -0.2) is 9.37 Å². The summed E-state index contributed by atoms with van der Waals surface area (Å²) in [4.78, 5) is 30.4. The minimum atomic E-state index is -0.581. The number of nitrogens with zero attached hydrogens (tertiary/aromatic N) is 2. The molecule has 1 fully saturated rings. The summed E-state index contributed by atoms with van der Waals surface area (Å²) in [6.07, 6.45) is 3.71. The molecule has 6 nitrogen and oxygen atoms in total. The lowest BCUT2D eigenvalue weighted by Crippen LogP contribution is -2.51. The van der Waals surface area contributed by atoms with Gasteiger partial charge in [-0.05, 0) is 49.1 Å². The fourth-order valence-corrected chi connectivity index (χ4v) is 4.40. The average Bonchev–Trinajstić information content (AvgIpc) is 3.48. The topological polar surface area (TPSA) is 88.3 Å². The van der Waals surface area contributed by atoms with E-state index in [0.29, 0.717) is 23.0 Å². The predicted molar refractivity (Wildman–Crippen MR) is 104 cm³/mol. The van der Waals surface area contributed by atoms with Crippen LogP contribution in [0.1, 0.15) is 48.7 Å². The number of carbonyl (C=O) groups is 2. The molecule has 0 radical (unpaired) electrons. The number of aromatic nitrogens is 1. The lowest BCUT2D eigenvalue weighted by atomic mass is 9.80. The molecule has 1 aromatic carbocycles. The van der Waals surface area contributed by atoms with Crippen molar-refractivity contribution in [2.45, 2.75) is 38.8 Å². The van der Waals surface area contributed by atoms with Crippen molar-refractivity contribution in [3.8, 4) is 0 Å². The number of halogens is 1. The molecule has 0 saturated heterocycles. The SMILES string of the molecule is CC(=O)N1c2ccc(F)cc2[C@H](Nc2ncccc2C(N)=O)[C@@H](C)[C@@H]1C1CC1. The lowest BCUT2D eigenvalue weighted by Gasteiger charge is -2.45. The molecule has 3 atom stereocenters. The van der Waals surface area contributed by atoms with Gasteiger partial charge in [-0.15, -0.1) is 0 Å². The summed E-state index contributed by atoms with van der Waals surface area (Å²) >= 11 is 0. The second kappa shape index (κ2) is 6.89. The Balaban J connectivity index is 1.82. The lowest BCUT2D eigenvalue weighted by molar-refractivity contribution is -0.117. The molecule has 0 unspecified atom stereocenters. The van der Waals surface area contributed by atoms with Crippen molar-refractivity contribution >= 4 is 23.3 Å². The highest BCUT2D eigenvalue weighted by Crippen LogP contribution is 2.50. The van der Waals surface area contributed by atoms with Crippen molar-refractivity contribution in [2.24, 2.45) is 17.6 Å². The Morgan fingerprint density at radius 1 is 1.29 bits per heavy atom. The van der Waals surface area contributed by atoms with Crippen LogP contribution in [0, 0.1) is 17.7 Å². The van der Waals surface area contributed by atoms with Crippen molar-refractivity contribution in [1.29, 1.82) is 0 Å². The molecule has 146 valence electrons. The molecular formula is C21H23FN4O2. The van der Waals surface area contributed by atoms with Crippen molar-refractivity contribution < 1.29 is 14.0 Å². The zero-order valence-electron chi connectivity index (χ0n) is 15.9. The number of pyridine rings is 1. The number of nitrogens with two attached hydrogens (primary N) is 1. The molecule has 2 aromatic rings. The molecule has 0 spiro atoms. The zero-order valence-corrected chi connectivity index (χ0v) is 15.9. The molecule has 2 heterocycles. The zero-order chi connectivity index (χ0) is 20.0. The number of nitrogens with one attached hydrogen (secondary N) is 1. The summed E-state index contributed by atoms with van der Waals surface area (Å²) < 4.78 is 14.1. The van der Waals surface area contributed by atoms with Gasteiger partial charge >= 0.3 is 0 Å². The van der Waals surface area contributed by atoms with Crippen LogP contribution in [-0.4, -0.2) is 22.8 Å². The summed E-state index contributed by atoms with van der Waals surface area (Å²) in [5.41, 5.74) is 7.16. The first kappa shape index (κ1) is 18.4. The first-order chi connectivity index (χ1) is 13.4. The minimum Gasteiger partial charge on any atom is -0.365 e. The van der Waals surface area contributed by atoms with E-state index in [1.165, 1.54) is 12.1 Å². The van der Waals surface area contributed by atoms with Gasteiger partial charge < -0.3 is 16.0 Å². The Labute approximate surface area is 162 Å². The second-order valence-corrected chi connectivity index (χ2v) is 7.67. The smallest absolute Gasteiger partial charge is 0.252 e. The van der Waals surface area contributed by atoms with Crippen LogP contribution in [0.4, 0.5) is 15.9 Å². The van der Waals surface area contributed by atoms with E-state index in [9.17, 15) is 14.0 Å². The van der Waals surface area contributed by atoms with Crippen LogP contribution in [0.25, 0.3) is 0 Å². The Morgan fingerprint density at radius 2 is 2.04 bits per heavy atom. The Bertz CT molecular complexity index is 944. The number of anilines is 2. The van der Waals surface area contributed by atoms with E-state index in [0.717, 1.165) is 12.8 Å². The van der Waals surface area contributed by atoms with E-state index in [-0.39, 0.29) is 35.3 Å². The molecule has 3 N–H and O–H groups in total. The van der Waals surface area contributed by atoms with E-state index in [2.05, 4.69) is 17.2 Å². The van der Waals surface area contributed by atoms with Crippen LogP contribution in [0.2, 0.25) is 0 Å². The van der Waals surface area contributed by atoms with Crippen LogP contribution in [0.15, 0.2) is 36.5 Å². The van der Waals surface area contributed by atoms with E-state index < -0.39 is 5.91 Å². The predicted octanol–water partition coefficient (Wildman–Crippen LogP) is 3.25. The van der Waals surface area contributed by atoms with Crippen molar-refractivity contribution in [3.05, 3.63) is 53.5 Å². The van der Waals surface area contributed by atoms with Gasteiger partial charge in [0.1, 0.15) is 11.6 Å². The van der Waals surface area contributed by atoms with Gasteiger partial charge in [-0.1, -0.05) is 6.92 Å². The molecule has 1 aliphatic heterocycles. The number of fused-ring (bicyclic) bond motifs is 1. The quantitative estimate of drug-likeness (QED) is 0.850. The number of primary amides is 1. The maximum atomic E-state index is 14.1. The summed E-state index contributed by atoms with van der Waals surface area (Å²) in [5, 5.41) is 3.32. The summed E-state index contributed by atoms with van der Waals surface area (Å²) in [7, 11) is 0. The van der Waals surface area contributed by atoms with Crippen LogP contribution in [-0.2, 0) is 4.79 Å².